The SMILES string of the molecule is [CH2]CCC1=CC(=O)C=CC1=O. The van der Waals surface area contributed by atoms with Gasteiger partial charge < -0.3 is 0 Å². The quantitative estimate of drug-likeness (QED) is 0.553. The van der Waals surface area contributed by atoms with Gasteiger partial charge in [0.1, 0.15) is 0 Å². The van der Waals surface area contributed by atoms with E-state index in [9.17, 15) is 9.59 Å². The van der Waals surface area contributed by atoms with Crippen LogP contribution in [0, 0.1) is 6.92 Å². The normalized spacial score (nSPS) is 17.0. The van der Waals surface area contributed by atoms with Gasteiger partial charge in [0, 0.05) is 5.57 Å². The van der Waals surface area contributed by atoms with Crippen LogP contribution in [0.1, 0.15) is 12.8 Å². The van der Waals surface area contributed by atoms with Crippen molar-refractivity contribution >= 4 is 11.6 Å². The summed E-state index contributed by atoms with van der Waals surface area (Å²) in [6, 6.07) is 0. The molecule has 0 aromatic rings. The Labute approximate surface area is 65.6 Å². The summed E-state index contributed by atoms with van der Waals surface area (Å²) >= 11 is 0. The summed E-state index contributed by atoms with van der Waals surface area (Å²) in [7, 11) is 0. The molecule has 2 nitrogen and oxygen atoms in total. The molecule has 0 aromatic carbocycles. The second-order valence-corrected chi connectivity index (χ2v) is 2.37. The zero-order chi connectivity index (χ0) is 8.27. The molecule has 0 aromatic heterocycles. The molecule has 0 saturated heterocycles. The second-order valence-electron chi connectivity index (χ2n) is 2.37. The smallest absolute Gasteiger partial charge is 0.182 e. The number of hydrogen-bond donors (Lipinski definition) is 0. The van der Waals surface area contributed by atoms with Crippen molar-refractivity contribution in [3.63, 3.8) is 0 Å². The largest absolute Gasteiger partial charge is 0.290 e. The zero-order valence-electron chi connectivity index (χ0n) is 6.17. The van der Waals surface area contributed by atoms with Gasteiger partial charge in [0.15, 0.2) is 11.6 Å². The van der Waals surface area contributed by atoms with Crippen LogP contribution in [-0.4, -0.2) is 11.6 Å². The predicted octanol–water partition coefficient (Wildman–Crippen LogP) is 1.24. The Morgan fingerprint density at radius 3 is 2.64 bits per heavy atom. The molecule has 0 N–H and O–H groups in total. The van der Waals surface area contributed by atoms with E-state index in [-0.39, 0.29) is 11.6 Å². The van der Waals surface area contributed by atoms with Crippen LogP contribution in [0.15, 0.2) is 23.8 Å². The highest BCUT2D eigenvalue weighted by molar-refractivity contribution is 6.17. The van der Waals surface area contributed by atoms with Crippen molar-refractivity contribution < 1.29 is 9.59 Å². The maximum absolute atomic E-state index is 11.0. The number of carbonyl (C=O) groups is 2. The maximum Gasteiger partial charge on any atom is 0.182 e. The monoisotopic (exact) mass is 149 g/mol. The summed E-state index contributed by atoms with van der Waals surface area (Å²) in [4.78, 5) is 21.8. The van der Waals surface area contributed by atoms with Crippen LogP contribution in [0.5, 0.6) is 0 Å². The van der Waals surface area contributed by atoms with Gasteiger partial charge in [-0.25, -0.2) is 0 Å². The molecule has 2 heteroatoms. The lowest BCUT2D eigenvalue weighted by Crippen LogP contribution is -2.06. The Morgan fingerprint density at radius 1 is 1.27 bits per heavy atom. The van der Waals surface area contributed by atoms with E-state index in [0.29, 0.717) is 18.4 Å². The van der Waals surface area contributed by atoms with Gasteiger partial charge in [0.25, 0.3) is 0 Å². The average molecular weight is 149 g/mol. The van der Waals surface area contributed by atoms with E-state index in [1.54, 1.807) is 0 Å². The van der Waals surface area contributed by atoms with Crippen molar-refractivity contribution in [1.82, 2.24) is 0 Å². The molecule has 0 spiro atoms. The van der Waals surface area contributed by atoms with Gasteiger partial charge in [0.05, 0.1) is 0 Å². The summed E-state index contributed by atoms with van der Waals surface area (Å²) in [6.45, 7) is 3.61. The van der Waals surface area contributed by atoms with E-state index in [1.165, 1.54) is 18.2 Å². The Bertz CT molecular complexity index is 246. The lowest BCUT2D eigenvalue weighted by atomic mass is 10.00. The minimum Gasteiger partial charge on any atom is -0.290 e. The molecule has 0 atom stereocenters. The summed E-state index contributed by atoms with van der Waals surface area (Å²) in [5, 5.41) is 0. The zero-order valence-corrected chi connectivity index (χ0v) is 6.17. The second kappa shape index (κ2) is 3.28. The number of rotatable bonds is 2. The molecule has 1 aliphatic carbocycles. The fourth-order valence-corrected chi connectivity index (χ4v) is 0.942. The number of ketones is 2. The Morgan fingerprint density at radius 2 is 2.00 bits per heavy atom. The molecule has 0 heterocycles. The molecule has 0 amide bonds. The van der Waals surface area contributed by atoms with Crippen LogP contribution < -0.4 is 0 Å². The Hall–Kier alpha value is -1.18. The molecule has 57 valence electrons. The third kappa shape index (κ3) is 1.87. The van der Waals surface area contributed by atoms with Gasteiger partial charge in [-0.05, 0) is 31.1 Å². The molecule has 11 heavy (non-hydrogen) atoms. The highest BCUT2D eigenvalue weighted by Gasteiger charge is 2.10. The standard InChI is InChI=1S/C9H9O2/c1-2-3-7-6-8(10)4-5-9(7)11/h4-6H,1-3H2. The highest BCUT2D eigenvalue weighted by atomic mass is 16.1. The van der Waals surface area contributed by atoms with Crippen LogP contribution in [0.2, 0.25) is 0 Å². The first kappa shape index (κ1) is 7.92. The van der Waals surface area contributed by atoms with E-state index < -0.39 is 0 Å². The third-order valence-corrected chi connectivity index (χ3v) is 1.48. The van der Waals surface area contributed by atoms with Gasteiger partial charge in [0.2, 0.25) is 0 Å². The van der Waals surface area contributed by atoms with Crippen LogP contribution in [0.25, 0.3) is 0 Å². The van der Waals surface area contributed by atoms with E-state index in [0.717, 1.165) is 0 Å². The molecule has 0 bridgehead atoms. The first-order valence-corrected chi connectivity index (χ1v) is 3.50. The van der Waals surface area contributed by atoms with Crippen LogP contribution in [0.3, 0.4) is 0 Å². The third-order valence-electron chi connectivity index (χ3n) is 1.48. The maximum atomic E-state index is 11.0. The Kier molecular flexibility index (Phi) is 2.36. The first-order valence-electron chi connectivity index (χ1n) is 3.50. The fraction of sp³-hybridized carbons (Fsp3) is 0.222. The van der Waals surface area contributed by atoms with Crippen LogP contribution in [-0.2, 0) is 9.59 Å². The topological polar surface area (TPSA) is 34.1 Å². The van der Waals surface area contributed by atoms with Crippen molar-refractivity contribution in [1.29, 1.82) is 0 Å². The van der Waals surface area contributed by atoms with Gasteiger partial charge in [-0.1, -0.05) is 6.92 Å². The van der Waals surface area contributed by atoms with Crippen molar-refractivity contribution in [2.45, 2.75) is 12.8 Å². The lowest BCUT2D eigenvalue weighted by Gasteiger charge is -2.03. The average Bonchev–Trinajstić information content (AvgIpc) is 1.98. The van der Waals surface area contributed by atoms with E-state index >= 15 is 0 Å². The van der Waals surface area contributed by atoms with Gasteiger partial charge in [-0.3, -0.25) is 9.59 Å². The summed E-state index contributed by atoms with van der Waals surface area (Å²) in [6.07, 6.45) is 5.23. The minimum absolute atomic E-state index is 0.0618. The van der Waals surface area contributed by atoms with E-state index in [1.807, 2.05) is 0 Å². The summed E-state index contributed by atoms with van der Waals surface area (Å²) in [5.41, 5.74) is 0.576. The van der Waals surface area contributed by atoms with Crippen LogP contribution in [0.4, 0.5) is 0 Å². The van der Waals surface area contributed by atoms with Crippen LogP contribution >= 0.6 is 0 Å². The molecular formula is C9H9O2. The van der Waals surface area contributed by atoms with E-state index in [2.05, 4.69) is 6.92 Å². The summed E-state index contributed by atoms with van der Waals surface area (Å²) in [5.74, 6) is -0.165. The molecule has 1 aliphatic rings. The van der Waals surface area contributed by atoms with Gasteiger partial charge in [-0.2, -0.15) is 0 Å². The van der Waals surface area contributed by atoms with Gasteiger partial charge in [-0.15, -0.1) is 0 Å². The molecule has 0 aliphatic heterocycles. The molecule has 0 unspecified atom stereocenters. The van der Waals surface area contributed by atoms with Crippen molar-refractivity contribution in [2.24, 2.45) is 0 Å². The number of hydrogen-bond acceptors (Lipinski definition) is 2. The first-order chi connectivity index (χ1) is 5.24. The molecular weight excluding hydrogens is 140 g/mol. The van der Waals surface area contributed by atoms with E-state index in [4.69, 9.17) is 0 Å². The molecule has 0 saturated carbocycles. The van der Waals surface area contributed by atoms with Crippen molar-refractivity contribution in [3.8, 4) is 0 Å². The summed E-state index contributed by atoms with van der Waals surface area (Å²) < 4.78 is 0. The predicted molar refractivity (Wildman–Crippen MR) is 41.8 cm³/mol. The number of carbonyl (C=O) groups excluding carboxylic acids is 2. The molecule has 0 fully saturated rings. The lowest BCUT2D eigenvalue weighted by molar-refractivity contribution is -0.114. The van der Waals surface area contributed by atoms with Crippen molar-refractivity contribution in [3.05, 3.63) is 30.7 Å². The molecule has 1 rings (SSSR count). The molecule has 1 radical (unpaired) electrons. The highest BCUT2D eigenvalue weighted by Crippen LogP contribution is 2.10. The van der Waals surface area contributed by atoms with Gasteiger partial charge >= 0.3 is 0 Å². The number of allylic oxidation sites excluding steroid dienone is 4. The van der Waals surface area contributed by atoms with Crippen molar-refractivity contribution in [2.75, 3.05) is 0 Å². The fourth-order valence-electron chi connectivity index (χ4n) is 0.942. The minimum atomic E-state index is -0.104. The Balaban J connectivity index is 2.76.